The van der Waals surface area contributed by atoms with Gasteiger partial charge in [-0.3, -0.25) is 4.79 Å². The molecule has 2 aromatic rings. The zero-order valence-corrected chi connectivity index (χ0v) is 13.3. The minimum Gasteiger partial charge on any atom is -0.462 e. The number of rotatable bonds is 4. The fraction of sp³-hybridized carbons (Fsp3) is 0.375. The van der Waals surface area contributed by atoms with Gasteiger partial charge in [-0.15, -0.1) is 11.3 Å². The van der Waals surface area contributed by atoms with E-state index in [1.54, 1.807) is 4.90 Å². The van der Waals surface area contributed by atoms with Crippen molar-refractivity contribution in [3.8, 4) is 0 Å². The van der Waals surface area contributed by atoms with Crippen LogP contribution in [0, 0.1) is 0 Å². The second kappa shape index (κ2) is 6.36. The Labute approximate surface area is 133 Å². The Hall–Kier alpha value is -2.08. The van der Waals surface area contributed by atoms with Gasteiger partial charge in [0.1, 0.15) is 4.88 Å². The van der Waals surface area contributed by atoms with E-state index in [0.717, 1.165) is 48.4 Å². The molecule has 0 aliphatic carbocycles. The lowest BCUT2D eigenvalue weighted by Gasteiger charge is -2.34. The van der Waals surface area contributed by atoms with Crippen LogP contribution in [0.3, 0.4) is 0 Å². The van der Waals surface area contributed by atoms with Crippen molar-refractivity contribution < 1.29 is 14.3 Å². The number of fused-ring (bicyclic) bond motifs is 1. The standard InChI is InChI=1S/C16H18N2O3S/c1-2-21-16(20)15-10-12-13(4-3-5-14(12)22-15)18-8-6-17(11-19)7-9-18/h3-5,10-11H,2,6-9H2,1H3. The van der Waals surface area contributed by atoms with Crippen LogP contribution in [-0.2, 0) is 9.53 Å². The Kier molecular flexibility index (Phi) is 4.29. The van der Waals surface area contributed by atoms with E-state index >= 15 is 0 Å². The summed E-state index contributed by atoms with van der Waals surface area (Å²) in [6, 6.07) is 8.02. The first-order valence-electron chi connectivity index (χ1n) is 7.37. The van der Waals surface area contributed by atoms with Gasteiger partial charge in [0.05, 0.1) is 6.61 Å². The van der Waals surface area contributed by atoms with E-state index in [2.05, 4.69) is 11.0 Å². The molecule has 0 bridgehead atoms. The van der Waals surface area contributed by atoms with Crippen LogP contribution < -0.4 is 4.90 Å². The predicted molar refractivity (Wildman–Crippen MR) is 87.6 cm³/mol. The van der Waals surface area contributed by atoms with Crippen molar-refractivity contribution in [1.82, 2.24) is 4.90 Å². The molecule has 22 heavy (non-hydrogen) atoms. The van der Waals surface area contributed by atoms with Gasteiger partial charge in [0, 0.05) is 42.0 Å². The van der Waals surface area contributed by atoms with Crippen molar-refractivity contribution in [2.24, 2.45) is 0 Å². The predicted octanol–water partition coefficient (Wildman–Crippen LogP) is 2.36. The monoisotopic (exact) mass is 318 g/mol. The Morgan fingerprint density at radius 3 is 2.77 bits per heavy atom. The summed E-state index contributed by atoms with van der Waals surface area (Å²) in [5, 5.41) is 1.08. The summed E-state index contributed by atoms with van der Waals surface area (Å²) in [7, 11) is 0. The first kappa shape index (κ1) is 14.8. The Balaban J connectivity index is 1.90. The van der Waals surface area contributed by atoms with Crippen molar-refractivity contribution in [2.75, 3.05) is 37.7 Å². The minimum absolute atomic E-state index is 0.263. The Morgan fingerprint density at radius 2 is 2.09 bits per heavy atom. The van der Waals surface area contributed by atoms with Crippen LogP contribution in [0.5, 0.6) is 0 Å². The van der Waals surface area contributed by atoms with Gasteiger partial charge in [0.25, 0.3) is 0 Å². The molecule has 1 fully saturated rings. The number of carbonyl (C=O) groups excluding carboxylic acids is 2. The summed E-state index contributed by atoms with van der Waals surface area (Å²) in [6.45, 7) is 5.27. The van der Waals surface area contributed by atoms with E-state index in [9.17, 15) is 9.59 Å². The third kappa shape index (κ3) is 2.78. The molecule has 0 saturated carbocycles. The molecule has 3 rings (SSSR count). The maximum atomic E-state index is 11.9. The average Bonchev–Trinajstić information content (AvgIpc) is 2.99. The number of anilines is 1. The first-order valence-corrected chi connectivity index (χ1v) is 8.18. The quantitative estimate of drug-likeness (QED) is 0.641. The molecule has 1 aromatic heterocycles. The third-order valence-corrected chi connectivity index (χ3v) is 4.90. The van der Waals surface area contributed by atoms with Gasteiger partial charge in [-0.2, -0.15) is 0 Å². The van der Waals surface area contributed by atoms with Gasteiger partial charge in [-0.25, -0.2) is 4.79 Å². The van der Waals surface area contributed by atoms with Crippen molar-refractivity contribution in [3.05, 3.63) is 29.1 Å². The first-order chi connectivity index (χ1) is 10.7. The molecule has 0 spiro atoms. The van der Waals surface area contributed by atoms with E-state index in [0.29, 0.717) is 11.5 Å². The largest absolute Gasteiger partial charge is 0.462 e. The molecule has 2 heterocycles. The molecular formula is C16H18N2O3S. The van der Waals surface area contributed by atoms with E-state index < -0.39 is 0 Å². The van der Waals surface area contributed by atoms with E-state index in [1.165, 1.54) is 11.3 Å². The molecule has 1 saturated heterocycles. The highest BCUT2D eigenvalue weighted by atomic mass is 32.1. The van der Waals surface area contributed by atoms with Crippen LogP contribution in [0.15, 0.2) is 24.3 Å². The van der Waals surface area contributed by atoms with Gasteiger partial charge in [-0.1, -0.05) is 6.07 Å². The molecule has 0 N–H and O–H groups in total. The summed E-state index contributed by atoms with van der Waals surface area (Å²) in [5.41, 5.74) is 1.12. The molecule has 1 aromatic carbocycles. The zero-order valence-electron chi connectivity index (χ0n) is 12.4. The maximum Gasteiger partial charge on any atom is 0.348 e. The molecule has 0 unspecified atom stereocenters. The van der Waals surface area contributed by atoms with Crippen molar-refractivity contribution >= 4 is 39.5 Å². The molecule has 1 amide bonds. The van der Waals surface area contributed by atoms with Gasteiger partial charge in [-0.05, 0) is 25.1 Å². The highest BCUT2D eigenvalue weighted by molar-refractivity contribution is 7.20. The van der Waals surface area contributed by atoms with Crippen LogP contribution in [-0.4, -0.2) is 50.1 Å². The number of benzene rings is 1. The van der Waals surface area contributed by atoms with Gasteiger partial charge >= 0.3 is 5.97 Å². The summed E-state index contributed by atoms with van der Waals surface area (Å²) >= 11 is 1.46. The Bertz CT molecular complexity index is 690. The molecule has 5 nitrogen and oxygen atoms in total. The highest BCUT2D eigenvalue weighted by Crippen LogP contribution is 2.34. The molecule has 0 radical (unpaired) electrons. The molecule has 0 atom stereocenters. The van der Waals surface area contributed by atoms with Crippen LogP contribution in [0.2, 0.25) is 0 Å². The lowest BCUT2D eigenvalue weighted by atomic mass is 10.1. The van der Waals surface area contributed by atoms with Gasteiger partial charge in [0.15, 0.2) is 0 Å². The fourth-order valence-corrected chi connectivity index (χ4v) is 3.67. The van der Waals surface area contributed by atoms with Crippen LogP contribution >= 0.6 is 11.3 Å². The Morgan fingerprint density at radius 1 is 1.32 bits per heavy atom. The molecule has 1 aliphatic rings. The van der Waals surface area contributed by atoms with Crippen molar-refractivity contribution in [2.45, 2.75) is 6.92 Å². The number of nitrogens with zero attached hydrogens (tertiary/aromatic N) is 2. The summed E-state index contributed by atoms with van der Waals surface area (Å²) in [5.74, 6) is -0.263. The van der Waals surface area contributed by atoms with Crippen LogP contribution in [0.1, 0.15) is 16.6 Å². The number of ether oxygens (including phenoxy) is 1. The zero-order chi connectivity index (χ0) is 15.5. The lowest BCUT2D eigenvalue weighted by Crippen LogP contribution is -2.45. The molecule has 6 heteroatoms. The number of esters is 1. The maximum absolute atomic E-state index is 11.9. The number of carbonyl (C=O) groups is 2. The number of thiophene rings is 1. The summed E-state index contributed by atoms with van der Waals surface area (Å²) in [6.07, 6.45) is 0.904. The van der Waals surface area contributed by atoms with E-state index in [4.69, 9.17) is 4.74 Å². The molecule has 1 aliphatic heterocycles. The normalized spacial score (nSPS) is 15.1. The topological polar surface area (TPSA) is 49.9 Å². The van der Waals surface area contributed by atoms with Crippen molar-refractivity contribution in [1.29, 1.82) is 0 Å². The van der Waals surface area contributed by atoms with Crippen LogP contribution in [0.25, 0.3) is 10.1 Å². The van der Waals surface area contributed by atoms with Crippen molar-refractivity contribution in [3.63, 3.8) is 0 Å². The van der Waals surface area contributed by atoms with Crippen LogP contribution in [0.4, 0.5) is 5.69 Å². The second-order valence-corrected chi connectivity index (χ2v) is 6.23. The molecular weight excluding hydrogens is 300 g/mol. The highest BCUT2D eigenvalue weighted by Gasteiger charge is 2.19. The SMILES string of the molecule is CCOC(=O)c1cc2c(N3CCN(C=O)CC3)cccc2s1. The lowest BCUT2D eigenvalue weighted by molar-refractivity contribution is -0.118. The summed E-state index contributed by atoms with van der Waals surface area (Å²) in [4.78, 5) is 27.4. The fourth-order valence-electron chi connectivity index (χ4n) is 2.69. The van der Waals surface area contributed by atoms with E-state index in [-0.39, 0.29) is 5.97 Å². The number of amides is 1. The van der Waals surface area contributed by atoms with E-state index in [1.807, 2.05) is 25.1 Å². The average molecular weight is 318 g/mol. The second-order valence-electron chi connectivity index (χ2n) is 5.15. The number of hydrogen-bond acceptors (Lipinski definition) is 5. The van der Waals surface area contributed by atoms with Gasteiger partial charge < -0.3 is 14.5 Å². The summed E-state index contributed by atoms with van der Waals surface area (Å²) < 4.78 is 6.17. The number of hydrogen-bond donors (Lipinski definition) is 0. The minimum atomic E-state index is -0.263. The van der Waals surface area contributed by atoms with Gasteiger partial charge in [0.2, 0.25) is 6.41 Å². The smallest absolute Gasteiger partial charge is 0.348 e. The molecule has 116 valence electrons. The number of piperazine rings is 1. The third-order valence-electron chi connectivity index (χ3n) is 3.82.